The summed E-state index contributed by atoms with van der Waals surface area (Å²) in [5.74, 6) is 0. The third-order valence-electron chi connectivity index (χ3n) is 2.35. The zero-order valence-corrected chi connectivity index (χ0v) is 8.68. The minimum atomic E-state index is -0.0445. The Hall–Kier alpha value is -0.620. The molecule has 0 amide bonds. The van der Waals surface area contributed by atoms with Gasteiger partial charge in [-0.25, -0.2) is 4.58 Å². The Labute approximate surface area is 74.0 Å². The van der Waals surface area contributed by atoms with Crippen molar-refractivity contribution < 1.29 is 4.58 Å². The Bertz CT molecular complexity index is 336. The van der Waals surface area contributed by atoms with Gasteiger partial charge in [0.2, 0.25) is 0 Å². The van der Waals surface area contributed by atoms with E-state index in [9.17, 15) is 0 Å². The van der Waals surface area contributed by atoms with Crippen molar-refractivity contribution in [3.05, 3.63) is 16.9 Å². The fraction of sp³-hybridized carbons (Fsp3) is 0.556. The van der Waals surface area contributed by atoms with E-state index in [1.54, 1.807) is 0 Å². The van der Waals surface area contributed by atoms with Gasteiger partial charge in [0.1, 0.15) is 6.04 Å². The second-order valence-corrected chi connectivity index (χ2v) is 5.84. The molecular weight excluding hydrogens is 167 g/mol. The highest BCUT2D eigenvalue weighted by molar-refractivity contribution is 7.51. The lowest BCUT2D eigenvalue weighted by atomic mass is 10.4. The van der Waals surface area contributed by atoms with E-state index in [0.717, 1.165) is 0 Å². The number of hydrogen-bond acceptors (Lipinski definition) is 1. The standard InChI is InChI=1S/C9H14N2P/c1-7(2)11-5-9-4-10-8(3)12(9)6-11/h4-5,7H,6H2,1-3H3/q+1. The second kappa shape index (κ2) is 2.70. The van der Waals surface area contributed by atoms with Gasteiger partial charge in [0.25, 0.3) is 0 Å². The Morgan fingerprint density at radius 1 is 1.58 bits per heavy atom. The molecule has 2 nitrogen and oxygen atoms in total. The Morgan fingerprint density at radius 2 is 2.33 bits per heavy atom. The smallest absolute Gasteiger partial charge is 0.182 e. The summed E-state index contributed by atoms with van der Waals surface area (Å²) in [6, 6.07) is 0.631. The van der Waals surface area contributed by atoms with Crippen molar-refractivity contribution in [1.82, 2.24) is 4.98 Å². The van der Waals surface area contributed by atoms with E-state index in [1.165, 1.54) is 17.0 Å². The Kier molecular flexibility index (Phi) is 1.80. The highest BCUT2D eigenvalue weighted by Gasteiger charge is 2.23. The first-order valence-corrected chi connectivity index (χ1v) is 5.84. The molecule has 0 radical (unpaired) electrons. The third-order valence-corrected chi connectivity index (χ3v) is 4.71. The van der Waals surface area contributed by atoms with E-state index in [-0.39, 0.29) is 7.53 Å². The minimum absolute atomic E-state index is 0.0445. The summed E-state index contributed by atoms with van der Waals surface area (Å²) >= 11 is 0. The van der Waals surface area contributed by atoms with Crippen molar-refractivity contribution in [1.29, 1.82) is 0 Å². The topological polar surface area (TPSA) is 15.9 Å². The maximum absolute atomic E-state index is 4.34. The van der Waals surface area contributed by atoms with Gasteiger partial charge in [-0.2, -0.15) is 0 Å². The van der Waals surface area contributed by atoms with Crippen LogP contribution < -0.4 is 0 Å². The van der Waals surface area contributed by atoms with Gasteiger partial charge < -0.3 is 0 Å². The lowest BCUT2D eigenvalue weighted by Gasteiger charge is -2.00. The summed E-state index contributed by atoms with van der Waals surface area (Å²) in [4.78, 5) is 4.34. The lowest BCUT2D eigenvalue weighted by Crippen LogP contribution is -2.15. The van der Waals surface area contributed by atoms with Gasteiger partial charge in [0.05, 0.1) is 10.7 Å². The van der Waals surface area contributed by atoms with Crippen LogP contribution in [-0.4, -0.2) is 21.8 Å². The average Bonchev–Trinajstić information content (AvgIpc) is 2.53. The predicted octanol–water partition coefficient (Wildman–Crippen LogP) is 2.19. The number of rotatable bonds is 1. The molecule has 0 aliphatic carbocycles. The van der Waals surface area contributed by atoms with Crippen molar-refractivity contribution >= 4 is 13.7 Å². The fourth-order valence-electron chi connectivity index (χ4n) is 1.46. The predicted molar refractivity (Wildman–Crippen MR) is 52.2 cm³/mol. The van der Waals surface area contributed by atoms with Crippen LogP contribution in [0.25, 0.3) is 0 Å². The molecular formula is C9H14N2P+. The summed E-state index contributed by atoms with van der Waals surface area (Å²) in [5, 5.41) is 1.45. The number of fused-ring (bicyclic) bond motifs is 1. The SMILES string of the molecule is Cc1ncc2p1C[N+](C(C)C)=C2. The van der Waals surface area contributed by atoms with Gasteiger partial charge in [-0.1, -0.05) is 0 Å². The van der Waals surface area contributed by atoms with Crippen LogP contribution in [0.5, 0.6) is 0 Å². The fourth-order valence-corrected chi connectivity index (χ4v) is 3.62. The molecule has 1 aromatic rings. The van der Waals surface area contributed by atoms with Gasteiger partial charge in [-0.3, -0.25) is 4.98 Å². The first-order valence-electron chi connectivity index (χ1n) is 4.31. The Morgan fingerprint density at radius 3 is 2.92 bits per heavy atom. The van der Waals surface area contributed by atoms with E-state index >= 15 is 0 Å². The molecule has 0 saturated carbocycles. The maximum atomic E-state index is 4.34. The molecule has 1 aliphatic rings. The molecule has 0 spiro atoms. The zero-order valence-electron chi connectivity index (χ0n) is 7.78. The molecule has 0 bridgehead atoms. The normalized spacial score (nSPS) is 16.7. The molecule has 1 aromatic heterocycles. The van der Waals surface area contributed by atoms with Gasteiger partial charge in [0.15, 0.2) is 12.5 Å². The van der Waals surface area contributed by atoms with Crippen molar-refractivity contribution in [2.75, 3.05) is 0 Å². The van der Waals surface area contributed by atoms with E-state index in [2.05, 4.69) is 36.5 Å². The number of nitrogens with zero attached hydrogens (tertiary/aromatic N) is 2. The summed E-state index contributed by atoms with van der Waals surface area (Å²) in [6.07, 6.45) is 5.49. The summed E-state index contributed by atoms with van der Waals surface area (Å²) in [7, 11) is -0.0445. The van der Waals surface area contributed by atoms with E-state index in [0.29, 0.717) is 6.04 Å². The van der Waals surface area contributed by atoms with Crippen molar-refractivity contribution in [3.63, 3.8) is 0 Å². The van der Waals surface area contributed by atoms with Gasteiger partial charge >= 0.3 is 0 Å². The van der Waals surface area contributed by atoms with Crippen molar-refractivity contribution in [3.8, 4) is 0 Å². The van der Waals surface area contributed by atoms with Crippen molar-refractivity contribution in [2.45, 2.75) is 33.1 Å². The molecule has 1 aliphatic heterocycles. The van der Waals surface area contributed by atoms with Crippen LogP contribution in [0.1, 0.15) is 24.6 Å². The molecule has 3 heteroatoms. The van der Waals surface area contributed by atoms with Crippen LogP contribution in [0, 0.1) is 6.92 Å². The quantitative estimate of drug-likeness (QED) is 0.606. The molecule has 2 heterocycles. The molecule has 0 N–H and O–H groups in total. The number of aryl methyl sites for hydroxylation is 1. The second-order valence-electron chi connectivity index (χ2n) is 3.54. The van der Waals surface area contributed by atoms with Crippen LogP contribution >= 0.6 is 7.53 Å². The van der Waals surface area contributed by atoms with E-state index < -0.39 is 0 Å². The Balaban J connectivity index is 2.35. The molecule has 2 rings (SSSR count). The lowest BCUT2D eigenvalue weighted by molar-refractivity contribution is -0.555. The molecule has 0 fully saturated rings. The van der Waals surface area contributed by atoms with Crippen LogP contribution in [0.2, 0.25) is 0 Å². The third kappa shape index (κ3) is 1.11. The highest BCUT2D eigenvalue weighted by Crippen LogP contribution is 2.40. The van der Waals surface area contributed by atoms with Crippen LogP contribution in [-0.2, 0) is 6.29 Å². The van der Waals surface area contributed by atoms with Crippen LogP contribution in [0.3, 0.4) is 0 Å². The van der Waals surface area contributed by atoms with Gasteiger partial charge in [0, 0.05) is 6.20 Å². The summed E-state index contributed by atoms with van der Waals surface area (Å²) in [5.41, 5.74) is 1.33. The summed E-state index contributed by atoms with van der Waals surface area (Å²) in [6.45, 7) is 6.62. The largest absolute Gasteiger partial charge is 0.256 e. The number of hydrogen-bond donors (Lipinski definition) is 0. The van der Waals surface area contributed by atoms with Gasteiger partial charge in [-0.15, -0.1) is 0 Å². The zero-order chi connectivity index (χ0) is 8.72. The summed E-state index contributed by atoms with van der Waals surface area (Å²) < 4.78 is 2.41. The molecule has 0 saturated heterocycles. The highest BCUT2D eigenvalue weighted by atomic mass is 31.1. The first kappa shape index (κ1) is 8.00. The average molecular weight is 181 g/mol. The van der Waals surface area contributed by atoms with Crippen molar-refractivity contribution in [2.24, 2.45) is 0 Å². The molecule has 1 unspecified atom stereocenters. The van der Waals surface area contributed by atoms with Crippen LogP contribution in [0.4, 0.5) is 0 Å². The van der Waals surface area contributed by atoms with Crippen LogP contribution in [0.15, 0.2) is 6.20 Å². The monoisotopic (exact) mass is 181 g/mol. The molecule has 1 atom stereocenters. The van der Waals surface area contributed by atoms with Gasteiger partial charge in [-0.05, 0) is 28.3 Å². The maximum Gasteiger partial charge on any atom is 0.182 e. The number of aromatic nitrogens is 1. The van der Waals surface area contributed by atoms with E-state index in [4.69, 9.17) is 0 Å². The minimum Gasteiger partial charge on any atom is -0.256 e. The molecule has 0 aromatic carbocycles. The molecule has 64 valence electrons. The first-order chi connectivity index (χ1) is 5.68. The molecule has 12 heavy (non-hydrogen) atoms. The van der Waals surface area contributed by atoms with E-state index in [1.807, 2.05) is 6.20 Å².